The van der Waals surface area contributed by atoms with E-state index in [0.29, 0.717) is 11.3 Å². The molecule has 0 fully saturated rings. The third kappa shape index (κ3) is 4.09. The summed E-state index contributed by atoms with van der Waals surface area (Å²) in [6.45, 7) is 0. The number of carboxylic acids is 1. The third-order valence-corrected chi connectivity index (χ3v) is 5.10. The first-order chi connectivity index (χ1) is 13.3. The van der Waals surface area contributed by atoms with Crippen LogP contribution < -0.4 is 9.46 Å². The Morgan fingerprint density at radius 3 is 2.46 bits per heavy atom. The minimum Gasteiger partial charge on any atom is -0.495 e. The molecule has 144 valence electrons. The molecule has 3 rings (SSSR count). The molecule has 9 heteroatoms. The van der Waals surface area contributed by atoms with Crippen LogP contribution in [0.3, 0.4) is 0 Å². The van der Waals surface area contributed by atoms with Gasteiger partial charge < -0.3 is 9.84 Å². The second-order valence-corrected chi connectivity index (χ2v) is 7.32. The number of nitrogens with zero attached hydrogens (tertiary/aromatic N) is 1. The monoisotopic (exact) mass is 402 g/mol. The number of halogens is 1. The van der Waals surface area contributed by atoms with Gasteiger partial charge in [-0.25, -0.2) is 14.2 Å². The van der Waals surface area contributed by atoms with Crippen molar-refractivity contribution in [2.75, 3.05) is 11.8 Å². The van der Waals surface area contributed by atoms with Crippen LogP contribution in [0.2, 0.25) is 0 Å². The Morgan fingerprint density at radius 1 is 1.11 bits per heavy atom. The lowest BCUT2D eigenvalue weighted by molar-refractivity contribution is 0.0696. The zero-order valence-corrected chi connectivity index (χ0v) is 15.4. The maximum Gasteiger partial charge on any atom is 0.335 e. The number of benzene rings is 2. The van der Waals surface area contributed by atoms with E-state index in [-0.39, 0.29) is 22.0 Å². The fourth-order valence-electron chi connectivity index (χ4n) is 2.45. The zero-order chi connectivity index (χ0) is 20.3. The number of methoxy groups -OCH3 is 1. The number of aromatic carboxylic acids is 1. The molecule has 1 aromatic heterocycles. The molecule has 3 aromatic rings. The van der Waals surface area contributed by atoms with E-state index in [2.05, 4.69) is 9.71 Å². The molecular weight excluding hydrogens is 387 g/mol. The fraction of sp³-hybridized carbons (Fsp3) is 0.0526. The molecule has 7 nitrogen and oxygen atoms in total. The lowest BCUT2D eigenvalue weighted by atomic mass is 10.1. The molecule has 0 bridgehead atoms. The van der Waals surface area contributed by atoms with Crippen molar-refractivity contribution in [3.8, 4) is 17.0 Å². The summed E-state index contributed by atoms with van der Waals surface area (Å²) in [6.07, 6.45) is 0. The van der Waals surface area contributed by atoms with E-state index in [4.69, 9.17) is 9.84 Å². The first-order valence-corrected chi connectivity index (χ1v) is 9.45. The lowest BCUT2D eigenvalue weighted by Gasteiger charge is -2.12. The Morgan fingerprint density at radius 2 is 1.82 bits per heavy atom. The predicted molar refractivity (Wildman–Crippen MR) is 100 cm³/mol. The number of carbonyl (C=O) groups is 1. The molecular formula is C19H15FN2O5S. The normalized spacial score (nSPS) is 11.1. The first-order valence-electron chi connectivity index (χ1n) is 7.97. The SMILES string of the molecule is COc1cc(C(=O)O)ccc1NS(=O)(=O)c1cccc(-c2ccc(F)cc2)n1. The van der Waals surface area contributed by atoms with Gasteiger partial charge in [0.1, 0.15) is 11.6 Å². The van der Waals surface area contributed by atoms with Crippen molar-refractivity contribution in [2.24, 2.45) is 0 Å². The smallest absolute Gasteiger partial charge is 0.335 e. The number of anilines is 1. The van der Waals surface area contributed by atoms with Gasteiger partial charge in [0.25, 0.3) is 10.0 Å². The third-order valence-electron chi connectivity index (χ3n) is 3.83. The largest absolute Gasteiger partial charge is 0.495 e. The molecule has 0 radical (unpaired) electrons. The van der Waals surface area contributed by atoms with Crippen LogP contribution in [0.25, 0.3) is 11.3 Å². The molecule has 0 atom stereocenters. The quantitative estimate of drug-likeness (QED) is 0.655. The van der Waals surface area contributed by atoms with Crippen LogP contribution in [0.4, 0.5) is 10.1 Å². The number of hydrogen-bond acceptors (Lipinski definition) is 5. The molecule has 0 unspecified atom stereocenters. The number of ether oxygens (including phenoxy) is 1. The standard InChI is InChI=1S/C19H15FN2O5S/c1-27-17-11-13(19(23)24)7-10-16(17)22-28(25,26)18-4-2-3-15(21-18)12-5-8-14(20)9-6-12/h2-11,22H,1H3,(H,23,24). The Bertz CT molecular complexity index is 1130. The maximum absolute atomic E-state index is 13.1. The Kier molecular flexibility index (Phi) is 5.27. The second kappa shape index (κ2) is 7.65. The number of nitrogens with one attached hydrogen (secondary N) is 1. The first kappa shape index (κ1) is 19.3. The van der Waals surface area contributed by atoms with Crippen LogP contribution >= 0.6 is 0 Å². The highest BCUT2D eigenvalue weighted by atomic mass is 32.2. The molecule has 2 aromatic carbocycles. The summed E-state index contributed by atoms with van der Waals surface area (Å²) in [4.78, 5) is 15.2. The van der Waals surface area contributed by atoms with Gasteiger partial charge in [-0.3, -0.25) is 4.72 Å². The highest BCUT2D eigenvalue weighted by molar-refractivity contribution is 7.92. The molecule has 0 amide bonds. The number of hydrogen-bond donors (Lipinski definition) is 2. The van der Waals surface area contributed by atoms with Crippen LogP contribution in [0.15, 0.2) is 65.7 Å². The summed E-state index contributed by atoms with van der Waals surface area (Å²) in [7, 11) is -2.78. The van der Waals surface area contributed by atoms with E-state index in [1.807, 2.05) is 0 Å². The van der Waals surface area contributed by atoms with Gasteiger partial charge in [0.05, 0.1) is 24.1 Å². The average Bonchev–Trinajstić information content (AvgIpc) is 2.68. The minimum absolute atomic E-state index is 0.0452. The highest BCUT2D eigenvalue weighted by Gasteiger charge is 2.20. The van der Waals surface area contributed by atoms with Crippen LogP contribution in [-0.2, 0) is 10.0 Å². The summed E-state index contributed by atoms with van der Waals surface area (Å²) < 4.78 is 45.9. The van der Waals surface area contributed by atoms with E-state index in [9.17, 15) is 17.6 Å². The summed E-state index contributed by atoms with van der Waals surface area (Å²) in [6, 6.07) is 13.7. The van der Waals surface area contributed by atoms with Crippen molar-refractivity contribution in [2.45, 2.75) is 5.03 Å². The Labute approximate surface area is 160 Å². The topological polar surface area (TPSA) is 106 Å². The average molecular weight is 402 g/mol. The van der Waals surface area contributed by atoms with Crippen molar-refractivity contribution in [3.05, 3.63) is 72.0 Å². The van der Waals surface area contributed by atoms with Crippen LogP contribution in [0.1, 0.15) is 10.4 Å². The summed E-state index contributed by atoms with van der Waals surface area (Å²) in [5, 5.41) is 8.78. The number of sulfonamides is 1. The molecule has 28 heavy (non-hydrogen) atoms. The van der Waals surface area contributed by atoms with Gasteiger partial charge in [-0.05, 0) is 54.6 Å². The number of carboxylic acid groups (broad SMARTS) is 1. The van der Waals surface area contributed by atoms with Gasteiger partial charge in [-0.1, -0.05) is 6.07 Å². The molecule has 0 aliphatic rings. The fourth-order valence-corrected chi connectivity index (χ4v) is 3.49. The molecule has 0 saturated carbocycles. The van der Waals surface area contributed by atoms with E-state index in [1.165, 1.54) is 61.7 Å². The van der Waals surface area contributed by atoms with Crippen LogP contribution in [-0.4, -0.2) is 31.6 Å². The van der Waals surface area contributed by atoms with E-state index in [1.54, 1.807) is 6.07 Å². The van der Waals surface area contributed by atoms with Gasteiger partial charge in [0, 0.05) is 5.56 Å². The van der Waals surface area contributed by atoms with Crippen molar-refractivity contribution in [1.82, 2.24) is 4.98 Å². The van der Waals surface area contributed by atoms with Crippen molar-refractivity contribution in [1.29, 1.82) is 0 Å². The summed E-state index contributed by atoms with van der Waals surface area (Å²) in [5.41, 5.74) is 0.940. The molecule has 1 heterocycles. The van der Waals surface area contributed by atoms with Crippen molar-refractivity contribution in [3.63, 3.8) is 0 Å². The minimum atomic E-state index is -4.08. The zero-order valence-electron chi connectivity index (χ0n) is 14.6. The molecule has 0 aliphatic carbocycles. The van der Waals surface area contributed by atoms with Gasteiger partial charge in [0.15, 0.2) is 5.03 Å². The second-order valence-electron chi connectivity index (χ2n) is 5.69. The van der Waals surface area contributed by atoms with Crippen molar-refractivity contribution >= 4 is 21.7 Å². The van der Waals surface area contributed by atoms with Crippen molar-refractivity contribution < 1.29 is 27.4 Å². The predicted octanol–water partition coefficient (Wildman–Crippen LogP) is 3.40. The lowest BCUT2D eigenvalue weighted by Crippen LogP contribution is -2.15. The molecule has 0 spiro atoms. The number of rotatable bonds is 6. The van der Waals surface area contributed by atoms with Gasteiger partial charge >= 0.3 is 5.97 Å². The number of aromatic nitrogens is 1. The van der Waals surface area contributed by atoms with E-state index in [0.717, 1.165) is 0 Å². The summed E-state index contributed by atoms with van der Waals surface area (Å²) in [5.74, 6) is -1.52. The molecule has 2 N–H and O–H groups in total. The highest BCUT2D eigenvalue weighted by Crippen LogP contribution is 2.28. The summed E-state index contributed by atoms with van der Waals surface area (Å²) >= 11 is 0. The van der Waals surface area contributed by atoms with Gasteiger partial charge in [-0.2, -0.15) is 8.42 Å². The van der Waals surface area contributed by atoms with E-state index < -0.39 is 21.8 Å². The van der Waals surface area contributed by atoms with Crippen LogP contribution in [0, 0.1) is 5.82 Å². The number of pyridine rings is 1. The van der Waals surface area contributed by atoms with Crippen LogP contribution in [0.5, 0.6) is 5.75 Å². The Hall–Kier alpha value is -3.46. The maximum atomic E-state index is 13.1. The molecule has 0 saturated heterocycles. The van der Waals surface area contributed by atoms with Gasteiger partial charge in [0.2, 0.25) is 0 Å². The Balaban J connectivity index is 1.95. The van der Waals surface area contributed by atoms with Gasteiger partial charge in [-0.15, -0.1) is 0 Å². The van der Waals surface area contributed by atoms with E-state index >= 15 is 0 Å². The molecule has 0 aliphatic heterocycles.